The molecule has 1 atom stereocenters. The van der Waals surface area contributed by atoms with E-state index < -0.39 is 35.1 Å². The first-order chi connectivity index (χ1) is 16.3. The number of nitrogens with zero attached hydrogens (tertiary/aromatic N) is 1. The highest BCUT2D eigenvalue weighted by Crippen LogP contribution is 2.41. The van der Waals surface area contributed by atoms with Gasteiger partial charge < -0.3 is 14.7 Å². The normalized spacial score (nSPS) is 17.3. The summed E-state index contributed by atoms with van der Waals surface area (Å²) >= 11 is 6.14. The molecule has 0 saturated carbocycles. The molecule has 1 fully saturated rings. The van der Waals surface area contributed by atoms with E-state index in [2.05, 4.69) is 0 Å². The lowest BCUT2D eigenvalue weighted by Crippen LogP contribution is -2.29. The Labute approximate surface area is 199 Å². The van der Waals surface area contributed by atoms with Crippen molar-refractivity contribution in [3.8, 4) is 5.75 Å². The summed E-state index contributed by atoms with van der Waals surface area (Å²) in [6.45, 7) is 2.09. The number of rotatable bonds is 6. The number of carbonyl (C=O) groups is 2. The van der Waals surface area contributed by atoms with E-state index in [1.165, 1.54) is 71.6 Å². The van der Waals surface area contributed by atoms with Gasteiger partial charge in [-0.2, -0.15) is 0 Å². The molecule has 1 amide bonds. The molecule has 34 heavy (non-hydrogen) atoms. The Morgan fingerprint density at radius 1 is 1.00 bits per heavy atom. The van der Waals surface area contributed by atoms with Crippen molar-refractivity contribution in [2.75, 3.05) is 6.61 Å². The van der Waals surface area contributed by atoms with E-state index in [9.17, 15) is 23.5 Å². The summed E-state index contributed by atoms with van der Waals surface area (Å²) in [5.74, 6) is -2.74. The molecule has 0 bridgehead atoms. The van der Waals surface area contributed by atoms with Crippen LogP contribution < -0.4 is 4.74 Å². The lowest BCUT2D eigenvalue weighted by atomic mass is 9.95. The fourth-order valence-electron chi connectivity index (χ4n) is 3.89. The topological polar surface area (TPSA) is 66.8 Å². The van der Waals surface area contributed by atoms with E-state index in [-0.39, 0.29) is 17.7 Å². The quantitative estimate of drug-likeness (QED) is 0.280. The smallest absolute Gasteiger partial charge is 0.295 e. The van der Waals surface area contributed by atoms with E-state index in [1.54, 1.807) is 6.92 Å². The molecule has 1 aliphatic rings. The van der Waals surface area contributed by atoms with Crippen LogP contribution in [0.25, 0.3) is 5.76 Å². The highest BCUT2D eigenvalue weighted by Gasteiger charge is 2.46. The molecule has 5 nitrogen and oxygen atoms in total. The minimum atomic E-state index is -0.989. The molecule has 4 rings (SSSR count). The number of hydrogen-bond donors (Lipinski definition) is 1. The third kappa shape index (κ3) is 4.52. The average Bonchev–Trinajstić information content (AvgIpc) is 3.07. The van der Waals surface area contributed by atoms with Crippen molar-refractivity contribution in [2.24, 2.45) is 0 Å². The maximum absolute atomic E-state index is 13.6. The Hall–Kier alpha value is -3.71. The van der Waals surface area contributed by atoms with Crippen LogP contribution in [0.2, 0.25) is 5.02 Å². The molecule has 0 aromatic heterocycles. The number of ether oxygens (including phenoxy) is 1. The Morgan fingerprint density at radius 3 is 2.24 bits per heavy atom. The molecule has 1 aliphatic heterocycles. The number of Topliss-reactive ketones (excluding diaryl/α,β-unsaturated/α-hetero) is 1. The van der Waals surface area contributed by atoms with Crippen LogP contribution in [0, 0.1) is 11.6 Å². The van der Waals surface area contributed by atoms with Gasteiger partial charge in [0.05, 0.1) is 23.2 Å². The minimum absolute atomic E-state index is 0.0194. The van der Waals surface area contributed by atoms with Gasteiger partial charge in [-0.25, -0.2) is 8.78 Å². The third-order valence-corrected chi connectivity index (χ3v) is 5.81. The van der Waals surface area contributed by atoms with Crippen LogP contribution in [0.5, 0.6) is 5.75 Å². The molecular formula is C26H20ClF2NO4. The van der Waals surface area contributed by atoms with Crippen molar-refractivity contribution in [2.45, 2.75) is 19.5 Å². The Kier molecular flexibility index (Phi) is 6.65. The number of ketones is 1. The standard InChI is InChI=1S/C26H20ClF2NO4/c1-2-34-21-13-17(7-12-20(21)27)24(31)22-23(16-5-10-19(29)11-6-16)30(26(33)25(22)32)14-15-3-8-18(28)9-4-15/h3-13,23,31H,2,14H2,1H3/b24-22-. The predicted octanol–water partition coefficient (Wildman–Crippen LogP) is 5.64. The molecule has 1 saturated heterocycles. The fraction of sp³-hybridized carbons (Fsp3) is 0.154. The van der Waals surface area contributed by atoms with E-state index >= 15 is 0 Å². The van der Waals surface area contributed by atoms with Crippen molar-refractivity contribution in [3.05, 3.63) is 106 Å². The van der Waals surface area contributed by atoms with Crippen LogP contribution in [0.3, 0.4) is 0 Å². The van der Waals surface area contributed by atoms with Crippen molar-refractivity contribution in [3.63, 3.8) is 0 Å². The zero-order chi connectivity index (χ0) is 24.4. The first-order valence-electron chi connectivity index (χ1n) is 10.5. The number of amides is 1. The molecule has 3 aromatic rings. The van der Waals surface area contributed by atoms with Crippen molar-refractivity contribution in [1.82, 2.24) is 4.90 Å². The van der Waals surface area contributed by atoms with Gasteiger partial charge in [0.2, 0.25) is 0 Å². The van der Waals surface area contributed by atoms with E-state index in [4.69, 9.17) is 16.3 Å². The van der Waals surface area contributed by atoms with Crippen LogP contribution in [0.1, 0.15) is 29.7 Å². The number of halogens is 3. The first-order valence-corrected chi connectivity index (χ1v) is 10.9. The van der Waals surface area contributed by atoms with Crippen LogP contribution in [0.15, 0.2) is 72.3 Å². The lowest BCUT2D eigenvalue weighted by Gasteiger charge is -2.25. The Morgan fingerprint density at radius 2 is 1.62 bits per heavy atom. The zero-order valence-corrected chi connectivity index (χ0v) is 18.9. The second kappa shape index (κ2) is 9.65. The Bertz CT molecular complexity index is 1270. The van der Waals surface area contributed by atoms with Crippen LogP contribution in [-0.4, -0.2) is 28.3 Å². The number of benzene rings is 3. The van der Waals surface area contributed by atoms with E-state index in [0.717, 1.165) is 0 Å². The van der Waals surface area contributed by atoms with Crippen molar-refractivity contribution in [1.29, 1.82) is 0 Å². The third-order valence-electron chi connectivity index (χ3n) is 5.50. The van der Waals surface area contributed by atoms with Gasteiger partial charge in [-0.1, -0.05) is 35.9 Å². The molecule has 3 aromatic carbocycles. The maximum atomic E-state index is 13.6. The number of carbonyl (C=O) groups excluding carboxylic acids is 2. The monoisotopic (exact) mass is 483 g/mol. The summed E-state index contributed by atoms with van der Waals surface area (Å²) in [6, 6.07) is 14.4. The van der Waals surface area contributed by atoms with Gasteiger partial charge in [-0.05, 0) is 60.5 Å². The van der Waals surface area contributed by atoms with Gasteiger partial charge in [0.15, 0.2) is 0 Å². The maximum Gasteiger partial charge on any atom is 0.295 e. The van der Waals surface area contributed by atoms with Gasteiger partial charge in [0.25, 0.3) is 11.7 Å². The van der Waals surface area contributed by atoms with Gasteiger partial charge in [0, 0.05) is 12.1 Å². The number of hydrogen-bond acceptors (Lipinski definition) is 4. The molecule has 174 valence electrons. The molecule has 8 heteroatoms. The predicted molar refractivity (Wildman–Crippen MR) is 123 cm³/mol. The minimum Gasteiger partial charge on any atom is -0.507 e. The second-order valence-corrected chi connectivity index (χ2v) is 8.09. The van der Waals surface area contributed by atoms with Crippen LogP contribution >= 0.6 is 11.6 Å². The summed E-state index contributed by atoms with van der Waals surface area (Å²) in [7, 11) is 0. The molecule has 1 N–H and O–H groups in total. The molecule has 1 heterocycles. The molecule has 1 unspecified atom stereocenters. The van der Waals surface area contributed by atoms with Gasteiger partial charge in [0.1, 0.15) is 23.1 Å². The van der Waals surface area contributed by atoms with Crippen LogP contribution in [-0.2, 0) is 16.1 Å². The largest absolute Gasteiger partial charge is 0.507 e. The molecular weight excluding hydrogens is 464 g/mol. The van der Waals surface area contributed by atoms with Crippen LogP contribution in [0.4, 0.5) is 8.78 Å². The van der Waals surface area contributed by atoms with Gasteiger partial charge in [-0.3, -0.25) is 9.59 Å². The Balaban J connectivity index is 1.85. The number of aliphatic hydroxyl groups excluding tert-OH is 1. The summed E-state index contributed by atoms with van der Waals surface area (Å²) in [4.78, 5) is 27.4. The summed E-state index contributed by atoms with van der Waals surface area (Å²) < 4.78 is 32.4. The first kappa shape index (κ1) is 23.4. The molecule has 0 spiro atoms. The zero-order valence-electron chi connectivity index (χ0n) is 18.1. The summed E-state index contributed by atoms with van der Waals surface area (Å²) in [5.41, 5.74) is 1.10. The van der Waals surface area contributed by atoms with Gasteiger partial charge >= 0.3 is 0 Å². The van der Waals surface area contributed by atoms with E-state index in [1.807, 2.05) is 0 Å². The highest BCUT2D eigenvalue weighted by molar-refractivity contribution is 6.46. The summed E-state index contributed by atoms with van der Waals surface area (Å²) in [6.07, 6.45) is 0. The molecule has 0 aliphatic carbocycles. The second-order valence-electron chi connectivity index (χ2n) is 7.68. The van der Waals surface area contributed by atoms with E-state index in [0.29, 0.717) is 28.5 Å². The average molecular weight is 484 g/mol. The number of aliphatic hydroxyl groups is 1. The number of likely N-dealkylation sites (tertiary alicyclic amines) is 1. The highest BCUT2D eigenvalue weighted by atomic mass is 35.5. The fourth-order valence-corrected chi connectivity index (χ4v) is 4.07. The molecule has 0 radical (unpaired) electrons. The lowest BCUT2D eigenvalue weighted by molar-refractivity contribution is -0.140. The summed E-state index contributed by atoms with van der Waals surface area (Å²) in [5, 5.41) is 11.5. The van der Waals surface area contributed by atoms with Crippen molar-refractivity contribution >= 4 is 29.1 Å². The van der Waals surface area contributed by atoms with Crippen molar-refractivity contribution < 1.29 is 28.2 Å². The van der Waals surface area contributed by atoms with Gasteiger partial charge in [-0.15, -0.1) is 0 Å². The SMILES string of the molecule is CCOc1cc(/C(O)=C2/C(=O)C(=O)N(Cc3ccc(F)cc3)C2c2ccc(F)cc2)ccc1Cl.